The molecule has 0 aromatic carbocycles. The normalized spacial score (nSPS) is 11.6. The molecule has 1 atom stereocenters. The minimum absolute atomic E-state index is 0. The van der Waals surface area contributed by atoms with Gasteiger partial charge in [0.1, 0.15) is 5.82 Å². The van der Waals surface area contributed by atoms with Gasteiger partial charge in [-0.15, -0.1) is 0 Å². The summed E-state index contributed by atoms with van der Waals surface area (Å²) in [7, 11) is 0. The molecule has 1 N–H and O–H groups in total. The van der Waals surface area contributed by atoms with Crippen LogP contribution >= 0.6 is 0 Å². The Balaban J connectivity index is 0.00000169. The number of nitrogens with one attached hydrogen (secondary N) is 1. The molecule has 0 aliphatic heterocycles. The number of hydrogen-bond donors (Lipinski definition) is 1. The van der Waals surface area contributed by atoms with Gasteiger partial charge in [-0.05, 0) is 25.0 Å². The molecule has 6 heteroatoms. The Labute approximate surface area is 108 Å². The largest absolute Gasteiger partial charge is 0.755 e. The molecule has 1 aromatic heterocycles. The van der Waals surface area contributed by atoms with Crippen LogP contribution in [0.4, 0.5) is 5.82 Å². The second-order valence-electron chi connectivity index (χ2n) is 2.65. The van der Waals surface area contributed by atoms with Gasteiger partial charge in [0.2, 0.25) is 0 Å². The minimum atomic E-state index is -2.30. The van der Waals surface area contributed by atoms with Gasteiger partial charge in [-0.2, -0.15) is 0 Å². The molecular formula is C8H11N2NaO2S-. The van der Waals surface area contributed by atoms with Gasteiger partial charge in [-0.1, -0.05) is 13.0 Å². The zero-order chi connectivity index (χ0) is 9.84. The van der Waals surface area contributed by atoms with Gasteiger partial charge in [-0.25, -0.2) is 4.98 Å². The van der Waals surface area contributed by atoms with Crippen LogP contribution in [-0.2, 0) is 17.7 Å². The first kappa shape index (κ1) is 14.1. The topological polar surface area (TPSA) is 65.0 Å². The number of anilines is 1. The van der Waals surface area contributed by atoms with Crippen LogP contribution in [0.2, 0.25) is 0 Å². The predicted molar refractivity (Wildman–Crippen MR) is 56.6 cm³/mol. The van der Waals surface area contributed by atoms with E-state index in [2.05, 4.69) is 9.71 Å². The van der Waals surface area contributed by atoms with Crippen LogP contribution in [0, 0.1) is 6.92 Å². The average Bonchev–Trinajstić information content (AvgIpc) is 2.03. The van der Waals surface area contributed by atoms with Crippen molar-refractivity contribution in [2.45, 2.75) is 20.3 Å². The predicted octanol–water partition coefficient (Wildman–Crippen LogP) is 0.778. The quantitative estimate of drug-likeness (QED) is 0.607. The van der Waals surface area contributed by atoms with Crippen LogP contribution < -0.4 is 4.72 Å². The second kappa shape index (κ2) is 6.53. The van der Waals surface area contributed by atoms with E-state index in [-0.39, 0.29) is 29.6 Å². The van der Waals surface area contributed by atoms with Gasteiger partial charge in [-0.3, -0.25) is 4.21 Å². The molecule has 0 saturated heterocycles. The van der Waals surface area contributed by atoms with Crippen LogP contribution in [-0.4, -0.2) is 43.3 Å². The summed E-state index contributed by atoms with van der Waals surface area (Å²) in [5.74, 6) is 0.427. The average molecular weight is 222 g/mol. The van der Waals surface area contributed by atoms with Crippen molar-refractivity contribution in [1.29, 1.82) is 0 Å². The molecule has 1 heterocycles. The number of rotatable bonds is 3. The summed E-state index contributed by atoms with van der Waals surface area (Å²) in [6, 6.07) is 3.73. The summed E-state index contributed by atoms with van der Waals surface area (Å²) in [5.41, 5.74) is 1.69. The van der Waals surface area contributed by atoms with E-state index in [1.165, 1.54) is 0 Å². The standard InChI is InChI=1S/C8H12N2O2S.Na/c1-3-7-5-4-6(2)9-8(7)10-13(11)12;/h4-5H,3H2,1-2H3,(H,9,10)(H,11,12);/p-1. The summed E-state index contributed by atoms with van der Waals surface area (Å²) < 4.78 is 23.1. The van der Waals surface area contributed by atoms with E-state index in [9.17, 15) is 8.76 Å². The van der Waals surface area contributed by atoms with Crippen LogP contribution in [0.15, 0.2) is 12.1 Å². The fourth-order valence-electron chi connectivity index (χ4n) is 1.04. The summed E-state index contributed by atoms with van der Waals surface area (Å²) >= 11 is -2.30. The molecule has 0 bridgehead atoms. The number of pyridine rings is 1. The SMILES string of the molecule is CCc1ccc(C)nc1NS(=O)[O-].[Na]. The molecule has 4 nitrogen and oxygen atoms in total. The summed E-state index contributed by atoms with van der Waals surface area (Å²) in [4.78, 5) is 4.08. The van der Waals surface area contributed by atoms with Gasteiger partial charge >= 0.3 is 0 Å². The van der Waals surface area contributed by atoms with Crippen molar-refractivity contribution in [3.63, 3.8) is 0 Å². The number of aryl methyl sites for hydroxylation is 2. The Bertz CT molecular complexity index is 333. The maximum absolute atomic E-state index is 10.4. The Hall–Kier alpha value is 0.0600. The first-order valence-corrected chi connectivity index (χ1v) is 5.03. The van der Waals surface area contributed by atoms with Crippen molar-refractivity contribution in [2.75, 3.05) is 4.72 Å². The third kappa shape index (κ3) is 4.06. The molecule has 1 rings (SSSR count). The monoisotopic (exact) mass is 222 g/mol. The summed E-state index contributed by atoms with van der Waals surface area (Å²) in [6.07, 6.45) is 0.757. The van der Waals surface area contributed by atoms with Crippen molar-refractivity contribution in [3.8, 4) is 0 Å². The first-order valence-electron chi connectivity index (χ1n) is 3.96. The minimum Gasteiger partial charge on any atom is -0.755 e. The molecule has 0 saturated carbocycles. The zero-order valence-electron chi connectivity index (χ0n) is 8.53. The maximum atomic E-state index is 10.4. The van der Waals surface area contributed by atoms with E-state index in [0.717, 1.165) is 17.7 Å². The van der Waals surface area contributed by atoms with Gasteiger partial charge in [0.25, 0.3) is 0 Å². The van der Waals surface area contributed by atoms with Crippen molar-refractivity contribution in [3.05, 3.63) is 23.4 Å². The van der Waals surface area contributed by atoms with E-state index in [4.69, 9.17) is 0 Å². The third-order valence-corrected chi connectivity index (χ3v) is 2.04. The Morgan fingerprint density at radius 3 is 2.71 bits per heavy atom. The first-order chi connectivity index (χ1) is 6.13. The van der Waals surface area contributed by atoms with Crippen molar-refractivity contribution in [1.82, 2.24) is 4.98 Å². The van der Waals surface area contributed by atoms with E-state index in [0.29, 0.717) is 5.82 Å². The van der Waals surface area contributed by atoms with E-state index in [1.807, 2.05) is 26.0 Å². The number of nitrogens with zero attached hydrogens (tertiary/aromatic N) is 1. The fourth-order valence-corrected chi connectivity index (χ4v) is 1.37. The third-order valence-electron chi connectivity index (χ3n) is 1.68. The van der Waals surface area contributed by atoms with Gasteiger partial charge in [0, 0.05) is 46.5 Å². The van der Waals surface area contributed by atoms with Crippen LogP contribution in [0.25, 0.3) is 0 Å². The number of aromatic nitrogens is 1. The molecule has 0 spiro atoms. The molecule has 1 radical (unpaired) electrons. The second-order valence-corrected chi connectivity index (χ2v) is 3.32. The molecular weight excluding hydrogens is 211 g/mol. The van der Waals surface area contributed by atoms with Gasteiger partial charge in [0.05, 0.1) is 0 Å². The van der Waals surface area contributed by atoms with Gasteiger partial charge < -0.3 is 9.27 Å². The van der Waals surface area contributed by atoms with Crippen LogP contribution in [0.5, 0.6) is 0 Å². The molecule has 14 heavy (non-hydrogen) atoms. The van der Waals surface area contributed by atoms with Gasteiger partial charge in [0.15, 0.2) is 0 Å². The van der Waals surface area contributed by atoms with Crippen molar-refractivity contribution >= 4 is 46.6 Å². The van der Waals surface area contributed by atoms with Crippen LogP contribution in [0.1, 0.15) is 18.2 Å². The Morgan fingerprint density at radius 1 is 1.57 bits per heavy atom. The van der Waals surface area contributed by atoms with Crippen molar-refractivity contribution < 1.29 is 8.76 Å². The van der Waals surface area contributed by atoms with E-state index in [1.54, 1.807) is 0 Å². The Kier molecular flexibility index (Phi) is 6.55. The molecule has 1 aromatic rings. The van der Waals surface area contributed by atoms with E-state index < -0.39 is 11.3 Å². The molecule has 0 aliphatic carbocycles. The van der Waals surface area contributed by atoms with Crippen molar-refractivity contribution in [2.24, 2.45) is 0 Å². The molecule has 1 unspecified atom stereocenters. The number of hydrogen-bond acceptors (Lipinski definition) is 3. The Morgan fingerprint density at radius 2 is 2.21 bits per heavy atom. The summed E-state index contributed by atoms with van der Waals surface area (Å²) in [6.45, 7) is 3.77. The maximum Gasteiger partial charge on any atom is 0.140 e. The fraction of sp³-hybridized carbons (Fsp3) is 0.375. The molecule has 0 fully saturated rings. The zero-order valence-corrected chi connectivity index (χ0v) is 11.4. The summed E-state index contributed by atoms with van der Waals surface area (Å²) in [5, 5.41) is 0. The smallest absolute Gasteiger partial charge is 0.140 e. The molecule has 0 aliphatic rings. The van der Waals surface area contributed by atoms with E-state index >= 15 is 0 Å². The molecule has 0 amide bonds. The van der Waals surface area contributed by atoms with Crippen LogP contribution in [0.3, 0.4) is 0 Å². The molecule has 73 valence electrons.